The predicted molar refractivity (Wildman–Crippen MR) is 103 cm³/mol. The zero-order valence-corrected chi connectivity index (χ0v) is 15.2. The van der Waals surface area contributed by atoms with Crippen molar-refractivity contribution >= 4 is 22.4 Å². The van der Waals surface area contributed by atoms with Gasteiger partial charge in [0.2, 0.25) is 0 Å². The van der Waals surface area contributed by atoms with Crippen LogP contribution in [0.25, 0.3) is 11.3 Å². The highest BCUT2D eigenvalue weighted by Gasteiger charge is 2.22. The molecule has 3 heterocycles. The average molecular weight is 367 g/mol. The summed E-state index contributed by atoms with van der Waals surface area (Å²) in [6, 6.07) is 10.1. The number of hydrogen-bond donors (Lipinski definition) is 2. The summed E-state index contributed by atoms with van der Waals surface area (Å²) < 4.78 is 2.14. The predicted octanol–water partition coefficient (Wildman–Crippen LogP) is 4.44. The van der Waals surface area contributed by atoms with E-state index in [0.29, 0.717) is 12.6 Å². The van der Waals surface area contributed by atoms with Gasteiger partial charge in [-0.15, -0.1) is 11.3 Å². The maximum absolute atomic E-state index is 12.0. The smallest absolute Gasteiger partial charge is 0.320 e. The summed E-state index contributed by atoms with van der Waals surface area (Å²) in [6.07, 6.45) is 8.41. The Morgan fingerprint density at radius 2 is 2.04 bits per heavy atom. The highest BCUT2D eigenvalue weighted by Crippen LogP contribution is 2.33. The molecule has 0 spiro atoms. The van der Waals surface area contributed by atoms with Crippen molar-refractivity contribution in [3.63, 3.8) is 0 Å². The summed E-state index contributed by atoms with van der Waals surface area (Å²) in [6.45, 7) is 0.398. The van der Waals surface area contributed by atoms with Gasteiger partial charge in [0, 0.05) is 18.0 Å². The van der Waals surface area contributed by atoms with Crippen LogP contribution in [0.1, 0.15) is 37.4 Å². The maximum atomic E-state index is 12.0. The second kappa shape index (κ2) is 7.70. The summed E-state index contributed by atoms with van der Waals surface area (Å²) in [4.78, 5) is 16.1. The highest BCUT2D eigenvalue weighted by molar-refractivity contribution is 7.14. The molecule has 6 nitrogen and oxygen atoms in total. The van der Waals surface area contributed by atoms with Crippen molar-refractivity contribution in [1.29, 1.82) is 0 Å². The molecule has 4 rings (SSSR count). The van der Waals surface area contributed by atoms with Crippen molar-refractivity contribution in [1.82, 2.24) is 20.1 Å². The molecule has 3 aromatic heterocycles. The van der Waals surface area contributed by atoms with Gasteiger partial charge in [0.15, 0.2) is 0 Å². The van der Waals surface area contributed by atoms with Crippen LogP contribution in [0.15, 0.2) is 48.1 Å². The third kappa shape index (κ3) is 3.77. The summed E-state index contributed by atoms with van der Waals surface area (Å²) in [5.41, 5.74) is 3.06. The monoisotopic (exact) mass is 367 g/mol. The van der Waals surface area contributed by atoms with Crippen LogP contribution in [0.5, 0.6) is 0 Å². The van der Waals surface area contributed by atoms with Gasteiger partial charge < -0.3 is 5.32 Å². The van der Waals surface area contributed by atoms with Crippen LogP contribution in [0.4, 0.5) is 9.80 Å². The van der Waals surface area contributed by atoms with E-state index in [0.717, 1.165) is 34.8 Å². The minimum atomic E-state index is -0.215. The first kappa shape index (κ1) is 16.8. The molecule has 2 N–H and O–H groups in total. The van der Waals surface area contributed by atoms with Crippen LogP contribution in [0.2, 0.25) is 0 Å². The zero-order chi connectivity index (χ0) is 17.8. The van der Waals surface area contributed by atoms with Gasteiger partial charge in [0.1, 0.15) is 0 Å². The number of aromatic nitrogens is 3. The van der Waals surface area contributed by atoms with Crippen molar-refractivity contribution in [2.75, 3.05) is 5.32 Å². The molecule has 0 radical (unpaired) electrons. The minimum absolute atomic E-state index is 0.215. The number of carbonyl (C=O) groups excluding carboxylic acids is 1. The summed E-state index contributed by atoms with van der Waals surface area (Å²) >= 11 is 1.50. The highest BCUT2D eigenvalue weighted by atomic mass is 32.1. The first-order chi connectivity index (χ1) is 12.8. The van der Waals surface area contributed by atoms with Crippen LogP contribution in [-0.2, 0) is 6.54 Å². The van der Waals surface area contributed by atoms with E-state index >= 15 is 0 Å². The lowest BCUT2D eigenvalue weighted by molar-refractivity contribution is 0.251. The first-order valence-corrected chi connectivity index (χ1v) is 9.75. The van der Waals surface area contributed by atoms with Crippen LogP contribution < -0.4 is 10.6 Å². The van der Waals surface area contributed by atoms with E-state index in [9.17, 15) is 4.79 Å². The Morgan fingerprint density at radius 3 is 2.77 bits per heavy atom. The summed E-state index contributed by atoms with van der Waals surface area (Å²) in [5, 5.41) is 13.3. The molecule has 0 saturated heterocycles. The van der Waals surface area contributed by atoms with Gasteiger partial charge in [-0.2, -0.15) is 5.10 Å². The molecule has 1 saturated carbocycles. The standard InChI is InChI=1S/C19H21N5OS/c25-19(22-18-6-3-11-26-18)21-13-15-12-17(14-7-9-20-10-8-14)24(23-15)16-4-1-2-5-16/h3,6-12,16H,1-2,4-5,13H2,(H2,21,22,25). The molecule has 0 aliphatic heterocycles. The number of thiophene rings is 1. The number of pyridine rings is 1. The van der Waals surface area contributed by atoms with E-state index in [4.69, 9.17) is 5.10 Å². The minimum Gasteiger partial charge on any atom is -0.332 e. The fourth-order valence-corrected chi connectivity index (χ4v) is 3.99. The summed E-state index contributed by atoms with van der Waals surface area (Å²) in [5.74, 6) is 0. The van der Waals surface area contributed by atoms with Gasteiger partial charge in [-0.1, -0.05) is 12.8 Å². The van der Waals surface area contributed by atoms with E-state index in [2.05, 4.69) is 26.4 Å². The number of anilines is 1. The molecule has 134 valence electrons. The molecule has 7 heteroatoms. The van der Waals surface area contributed by atoms with Crippen LogP contribution in [-0.4, -0.2) is 20.8 Å². The molecule has 1 fully saturated rings. The van der Waals surface area contributed by atoms with Crippen LogP contribution in [0, 0.1) is 0 Å². The van der Waals surface area contributed by atoms with E-state index in [-0.39, 0.29) is 6.03 Å². The molecule has 0 aromatic carbocycles. The molecule has 1 aliphatic carbocycles. The Morgan fingerprint density at radius 1 is 1.23 bits per heavy atom. The first-order valence-electron chi connectivity index (χ1n) is 8.87. The third-order valence-electron chi connectivity index (χ3n) is 4.62. The van der Waals surface area contributed by atoms with Crippen LogP contribution >= 0.6 is 11.3 Å². The Kier molecular flexibility index (Phi) is 4.97. The van der Waals surface area contributed by atoms with Gasteiger partial charge in [-0.25, -0.2) is 4.79 Å². The van der Waals surface area contributed by atoms with Crippen molar-refractivity contribution in [2.24, 2.45) is 0 Å². The fourth-order valence-electron chi connectivity index (χ4n) is 3.37. The van der Waals surface area contributed by atoms with Crippen molar-refractivity contribution < 1.29 is 4.79 Å². The molecular weight excluding hydrogens is 346 g/mol. The average Bonchev–Trinajstić information content (AvgIpc) is 3.41. The molecule has 0 bridgehead atoms. The van der Waals surface area contributed by atoms with Gasteiger partial charge >= 0.3 is 6.03 Å². The van der Waals surface area contributed by atoms with Crippen LogP contribution in [0.3, 0.4) is 0 Å². The van der Waals surface area contributed by atoms with Gasteiger partial charge in [0.05, 0.1) is 29.0 Å². The number of rotatable bonds is 5. The Balaban J connectivity index is 1.50. The number of nitrogens with zero attached hydrogens (tertiary/aromatic N) is 3. The lowest BCUT2D eigenvalue weighted by Crippen LogP contribution is -2.28. The summed E-state index contributed by atoms with van der Waals surface area (Å²) in [7, 11) is 0. The lowest BCUT2D eigenvalue weighted by atomic mass is 10.1. The Bertz CT molecular complexity index is 853. The molecular formula is C19H21N5OS. The number of carbonyl (C=O) groups is 1. The normalized spacial score (nSPS) is 14.5. The molecule has 3 aromatic rings. The molecule has 1 aliphatic rings. The van der Waals surface area contributed by atoms with E-state index in [1.54, 1.807) is 12.4 Å². The molecule has 0 atom stereocenters. The van der Waals surface area contributed by atoms with E-state index in [1.165, 1.54) is 24.2 Å². The number of amides is 2. The maximum Gasteiger partial charge on any atom is 0.320 e. The Hall–Kier alpha value is -2.67. The fraction of sp³-hybridized carbons (Fsp3) is 0.316. The Labute approximate surface area is 156 Å². The third-order valence-corrected chi connectivity index (χ3v) is 5.41. The number of urea groups is 1. The number of hydrogen-bond acceptors (Lipinski definition) is 4. The molecule has 0 unspecified atom stereocenters. The van der Waals surface area contributed by atoms with Gasteiger partial charge in [-0.05, 0) is 48.6 Å². The van der Waals surface area contributed by atoms with Crippen molar-refractivity contribution in [3.8, 4) is 11.3 Å². The van der Waals surface area contributed by atoms with Gasteiger partial charge in [0.25, 0.3) is 0 Å². The van der Waals surface area contributed by atoms with Crippen molar-refractivity contribution in [2.45, 2.75) is 38.3 Å². The van der Waals surface area contributed by atoms with Crippen molar-refractivity contribution in [3.05, 3.63) is 53.8 Å². The van der Waals surface area contributed by atoms with E-state index < -0.39 is 0 Å². The SMILES string of the molecule is O=C(NCc1cc(-c2ccncc2)n(C2CCCC2)n1)Nc1cccs1. The lowest BCUT2D eigenvalue weighted by Gasteiger charge is -2.14. The quantitative estimate of drug-likeness (QED) is 0.700. The van der Waals surface area contributed by atoms with Gasteiger partial charge in [-0.3, -0.25) is 15.0 Å². The topological polar surface area (TPSA) is 71.8 Å². The second-order valence-corrected chi connectivity index (χ2v) is 7.37. The largest absolute Gasteiger partial charge is 0.332 e. The molecule has 2 amide bonds. The zero-order valence-electron chi connectivity index (χ0n) is 14.4. The van der Waals surface area contributed by atoms with E-state index in [1.807, 2.05) is 29.6 Å². The number of nitrogens with one attached hydrogen (secondary N) is 2. The molecule has 26 heavy (non-hydrogen) atoms. The second-order valence-electron chi connectivity index (χ2n) is 6.42.